The van der Waals surface area contributed by atoms with Gasteiger partial charge in [0.05, 0.1) is 6.61 Å². The number of nitrogens with zero attached hydrogens (tertiary/aromatic N) is 1. The fourth-order valence-electron chi connectivity index (χ4n) is 1.93. The molecule has 0 spiro atoms. The van der Waals surface area contributed by atoms with Gasteiger partial charge in [0.1, 0.15) is 0 Å². The Hall–Kier alpha value is -0.760. The zero-order valence-corrected chi connectivity index (χ0v) is 7.29. The average molecular weight is 165 g/mol. The Kier molecular flexibility index (Phi) is 2.17. The van der Waals surface area contributed by atoms with Crippen molar-refractivity contribution in [2.24, 2.45) is 0 Å². The summed E-state index contributed by atoms with van der Waals surface area (Å²) >= 11 is 0. The van der Waals surface area contributed by atoms with Gasteiger partial charge in [-0.1, -0.05) is 0 Å². The van der Waals surface area contributed by atoms with Gasteiger partial charge in [-0.25, -0.2) is 0 Å². The first-order valence-electron chi connectivity index (χ1n) is 4.68. The minimum atomic E-state index is 0.244. The van der Waals surface area contributed by atoms with Crippen LogP contribution in [0.5, 0.6) is 0 Å². The summed E-state index contributed by atoms with van der Waals surface area (Å²) < 4.78 is 2.11. The van der Waals surface area contributed by atoms with Crippen molar-refractivity contribution in [2.45, 2.75) is 32.2 Å². The summed E-state index contributed by atoms with van der Waals surface area (Å²) in [6, 6.07) is 0. The third-order valence-electron chi connectivity index (χ3n) is 2.56. The first kappa shape index (κ1) is 7.87. The van der Waals surface area contributed by atoms with E-state index in [1.54, 1.807) is 0 Å². The number of hydrogen-bond acceptors (Lipinski definition) is 1. The lowest BCUT2D eigenvalue weighted by molar-refractivity contribution is 0.276. The summed E-state index contributed by atoms with van der Waals surface area (Å²) in [5.74, 6) is 0. The minimum Gasteiger partial charge on any atom is -0.395 e. The Morgan fingerprint density at radius 2 is 1.75 bits per heavy atom. The largest absolute Gasteiger partial charge is 0.395 e. The number of hydrogen-bond donors (Lipinski definition) is 1. The van der Waals surface area contributed by atoms with Crippen LogP contribution in [-0.2, 0) is 19.4 Å². The maximum absolute atomic E-state index is 8.76. The summed E-state index contributed by atoms with van der Waals surface area (Å²) in [4.78, 5) is 0. The monoisotopic (exact) mass is 165 g/mol. The van der Waals surface area contributed by atoms with Crippen LogP contribution in [0.3, 0.4) is 0 Å². The molecule has 0 unspecified atom stereocenters. The Morgan fingerprint density at radius 3 is 2.25 bits per heavy atom. The number of aryl methyl sites for hydroxylation is 2. The summed E-state index contributed by atoms with van der Waals surface area (Å²) in [7, 11) is 0. The molecule has 0 radical (unpaired) electrons. The van der Waals surface area contributed by atoms with Crippen LogP contribution in [0, 0.1) is 0 Å². The highest BCUT2D eigenvalue weighted by Crippen LogP contribution is 2.21. The van der Waals surface area contributed by atoms with Crippen LogP contribution in [0.1, 0.15) is 24.0 Å². The lowest BCUT2D eigenvalue weighted by atomic mass is 9.96. The predicted molar refractivity (Wildman–Crippen MR) is 48.2 cm³/mol. The number of aliphatic hydroxyl groups is 1. The van der Waals surface area contributed by atoms with Crippen molar-refractivity contribution in [3.8, 4) is 0 Å². The SMILES string of the molecule is OCCn1cc2c(c1)CCCC2. The van der Waals surface area contributed by atoms with E-state index in [0.717, 1.165) is 6.54 Å². The lowest BCUT2D eigenvalue weighted by Gasteiger charge is -2.08. The van der Waals surface area contributed by atoms with Crippen molar-refractivity contribution in [1.29, 1.82) is 0 Å². The van der Waals surface area contributed by atoms with E-state index >= 15 is 0 Å². The molecule has 2 heteroatoms. The molecule has 2 rings (SSSR count). The second kappa shape index (κ2) is 3.31. The Bertz CT molecular complexity index is 241. The molecular formula is C10H15NO. The van der Waals surface area contributed by atoms with Crippen LogP contribution >= 0.6 is 0 Å². The van der Waals surface area contributed by atoms with Crippen LogP contribution in [0.2, 0.25) is 0 Å². The standard InChI is InChI=1S/C10H15NO/c12-6-5-11-7-9-3-1-2-4-10(9)8-11/h7-8,12H,1-6H2. The van der Waals surface area contributed by atoms with E-state index in [-0.39, 0.29) is 6.61 Å². The van der Waals surface area contributed by atoms with Gasteiger partial charge in [0.15, 0.2) is 0 Å². The fraction of sp³-hybridized carbons (Fsp3) is 0.600. The van der Waals surface area contributed by atoms with Gasteiger partial charge in [-0.05, 0) is 36.8 Å². The maximum Gasteiger partial charge on any atom is 0.0610 e. The second-order valence-electron chi connectivity index (χ2n) is 3.48. The predicted octanol–water partition coefficient (Wildman–Crippen LogP) is 1.36. The zero-order chi connectivity index (χ0) is 8.39. The van der Waals surface area contributed by atoms with Crippen LogP contribution in [0.4, 0.5) is 0 Å². The molecule has 0 fully saturated rings. The molecule has 1 heterocycles. The molecule has 1 aliphatic carbocycles. The van der Waals surface area contributed by atoms with Crippen LogP contribution < -0.4 is 0 Å². The van der Waals surface area contributed by atoms with E-state index in [2.05, 4.69) is 17.0 Å². The fourth-order valence-corrected chi connectivity index (χ4v) is 1.93. The van der Waals surface area contributed by atoms with Gasteiger partial charge >= 0.3 is 0 Å². The highest BCUT2D eigenvalue weighted by atomic mass is 16.3. The highest BCUT2D eigenvalue weighted by molar-refractivity contribution is 5.26. The normalized spacial score (nSPS) is 16.1. The summed E-state index contributed by atoms with van der Waals surface area (Å²) in [6.07, 6.45) is 9.49. The molecule has 1 aliphatic rings. The molecule has 1 aromatic heterocycles. The molecule has 2 nitrogen and oxygen atoms in total. The molecular weight excluding hydrogens is 150 g/mol. The summed E-state index contributed by atoms with van der Waals surface area (Å²) in [5.41, 5.74) is 2.99. The van der Waals surface area contributed by atoms with Crippen molar-refractivity contribution >= 4 is 0 Å². The summed E-state index contributed by atoms with van der Waals surface area (Å²) in [5, 5.41) is 8.76. The molecule has 1 N–H and O–H groups in total. The van der Waals surface area contributed by atoms with Crippen molar-refractivity contribution in [3.63, 3.8) is 0 Å². The van der Waals surface area contributed by atoms with Gasteiger partial charge in [-0.3, -0.25) is 0 Å². The number of rotatable bonds is 2. The van der Waals surface area contributed by atoms with E-state index < -0.39 is 0 Å². The summed E-state index contributed by atoms with van der Waals surface area (Å²) in [6.45, 7) is 0.987. The van der Waals surface area contributed by atoms with E-state index in [4.69, 9.17) is 5.11 Å². The van der Waals surface area contributed by atoms with Crippen LogP contribution in [-0.4, -0.2) is 16.3 Å². The Balaban J connectivity index is 2.20. The third kappa shape index (κ3) is 1.39. The first-order valence-corrected chi connectivity index (χ1v) is 4.68. The van der Waals surface area contributed by atoms with Gasteiger partial charge in [0, 0.05) is 18.9 Å². The first-order chi connectivity index (χ1) is 5.90. The van der Waals surface area contributed by atoms with Crippen LogP contribution in [0.15, 0.2) is 12.4 Å². The van der Waals surface area contributed by atoms with E-state index in [1.807, 2.05) is 0 Å². The van der Waals surface area contributed by atoms with Gasteiger partial charge in [-0.2, -0.15) is 0 Å². The quantitative estimate of drug-likeness (QED) is 0.703. The minimum absolute atomic E-state index is 0.244. The lowest BCUT2D eigenvalue weighted by Crippen LogP contribution is -1.97. The van der Waals surface area contributed by atoms with Gasteiger partial charge < -0.3 is 9.67 Å². The molecule has 12 heavy (non-hydrogen) atoms. The van der Waals surface area contributed by atoms with Gasteiger partial charge in [-0.15, -0.1) is 0 Å². The van der Waals surface area contributed by atoms with Crippen molar-refractivity contribution in [1.82, 2.24) is 4.57 Å². The molecule has 0 aromatic carbocycles. The topological polar surface area (TPSA) is 25.2 Å². The molecule has 0 saturated carbocycles. The third-order valence-corrected chi connectivity index (χ3v) is 2.56. The molecule has 0 aliphatic heterocycles. The molecule has 66 valence electrons. The van der Waals surface area contributed by atoms with Gasteiger partial charge in [0.2, 0.25) is 0 Å². The van der Waals surface area contributed by atoms with Crippen molar-refractivity contribution in [3.05, 3.63) is 23.5 Å². The van der Waals surface area contributed by atoms with Crippen molar-refractivity contribution in [2.75, 3.05) is 6.61 Å². The van der Waals surface area contributed by atoms with Crippen LogP contribution in [0.25, 0.3) is 0 Å². The van der Waals surface area contributed by atoms with Gasteiger partial charge in [0.25, 0.3) is 0 Å². The maximum atomic E-state index is 8.76. The Labute approximate surface area is 72.8 Å². The zero-order valence-electron chi connectivity index (χ0n) is 7.29. The highest BCUT2D eigenvalue weighted by Gasteiger charge is 2.10. The number of aromatic nitrogens is 1. The van der Waals surface area contributed by atoms with Crippen molar-refractivity contribution < 1.29 is 5.11 Å². The number of fused-ring (bicyclic) bond motifs is 1. The Morgan fingerprint density at radius 1 is 1.17 bits per heavy atom. The number of aliphatic hydroxyl groups excluding tert-OH is 1. The second-order valence-corrected chi connectivity index (χ2v) is 3.48. The average Bonchev–Trinajstić information content (AvgIpc) is 2.47. The molecule has 0 amide bonds. The molecule has 0 bridgehead atoms. The smallest absolute Gasteiger partial charge is 0.0610 e. The molecule has 0 saturated heterocycles. The van der Waals surface area contributed by atoms with E-state index in [1.165, 1.54) is 36.8 Å². The molecule has 0 atom stereocenters. The molecule has 1 aromatic rings. The van der Waals surface area contributed by atoms with E-state index in [9.17, 15) is 0 Å². The van der Waals surface area contributed by atoms with E-state index in [0.29, 0.717) is 0 Å².